The number of fused-ring (bicyclic) bond motifs is 12. The molecule has 17 rings (SSSR count). The molecule has 2 aliphatic heterocycles. The Morgan fingerprint density at radius 1 is 0.462 bits per heavy atom. The Kier molecular flexibility index (Phi) is 9.44. The molecule has 0 radical (unpaired) electrons. The standard InChI is InChI=1S/C73H52N2S3/c1-42-64-43(2)70-69(53-29-14-17-34-60(53)77-70)72(4)67(64)44(3)68-65(42)52-28-13-15-31-56(52)73(68)57-32-16-18-35-62(57)78-71-54(51-30-19-22-45-21-11-12-27-50(45)51)40-49(41-58(71)73)75(72)48-37-38-61-55(39-48)66-59(33-20-36-63(66)76-61)74(46-23-7-5-8-24-46)47-25-9-6-10-26-47/h5-44H,1-4H3. The van der Waals surface area contributed by atoms with Crippen molar-refractivity contribution < 1.29 is 0 Å². The Morgan fingerprint density at radius 3 is 1.94 bits per heavy atom. The monoisotopic (exact) mass is 1050 g/mol. The minimum atomic E-state index is -0.633. The van der Waals surface area contributed by atoms with E-state index in [2.05, 4.69) is 262 Å². The van der Waals surface area contributed by atoms with E-state index in [1.54, 1.807) is 16.7 Å². The normalized spacial score (nSPS) is 21.4. The van der Waals surface area contributed by atoms with E-state index in [0.29, 0.717) is 0 Å². The third-order valence-electron chi connectivity index (χ3n) is 18.6. The van der Waals surface area contributed by atoms with Crippen LogP contribution in [-0.4, -0.2) is 0 Å². The van der Waals surface area contributed by atoms with Gasteiger partial charge in [0.25, 0.3) is 0 Å². The molecule has 0 N–H and O–H groups in total. The topological polar surface area (TPSA) is 6.48 Å². The first kappa shape index (κ1) is 45.1. The van der Waals surface area contributed by atoms with Crippen molar-refractivity contribution >= 4 is 109 Å². The molecule has 2 nitrogen and oxygen atoms in total. The molecule has 4 heterocycles. The largest absolute Gasteiger partial charge is 0.328 e. The average molecular weight is 1050 g/mol. The van der Waals surface area contributed by atoms with Gasteiger partial charge in [0.2, 0.25) is 0 Å². The zero-order chi connectivity index (χ0) is 51.8. The summed E-state index contributed by atoms with van der Waals surface area (Å²) in [6.45, 7) is 10.4. The van der Waals surface area contributed by atoms with E-state index in [-0.39, 0.29) is 17.8 Å². The molecule has 5 unspecified atom stereocenters. The van der Waals surface area contributed by atoms with Crippen molar-refractivity contribution in [1.29, 1.82) is 0 Å². The van der Waals surface area contributed by atoms with Crippen LogP contribution in [-0.2, 0) is 11.0 Å². The van der Waals surface area contributed by atoms with Crippen LogP contribution in [0.5, 0.6) is 0 Å². The number of allylic oxidation sites excluding steroid dienone is 3. The van der Waals surface area contributed by atoms with Gasteiger partial charge in [-0.1, -0.05) is 184 Å². The van der Waals surface area contributed by atoms with Crippen molar-refractivity contribution in [3.63, 3.8) is 0 Å². The lowest BCUT2D eigenvalue weighted by Gasteiger charge is -2.54. The molecule has 1 spiro atoms. The minimum Gasteiger partial charge on any atom is -0.328 e. The summed E-state index contributed by atoms with van der Waals surface area (Å²) < 4.78 is 3.92. The first-order chi connectivity index (χ1) is 38.3. The van der Waals surface area contributed by atoms with E-state index in [0.717, 1.165) is 11.4 Å². The fourth-order valence-electron chi connectivity index (χ4n) is 15.9. The van der Waals surface area contributed by atoms with E-state index >= 15 is 0 Å². The second-order valence-electron chi connectivity index (χ2n) is 22.3. The van der Waals surface area contributed by atoms with Crippen molar-refractivity contribution in [3.05, 3.63) is 274 Å². The zero-order valence-corrected chi connectivity index (χ0v) is 46.2. The molecule has 5 atom stereocenters. The van der Waals surface area contributed by atoms with Gasteiger partial charge in [-0.2, -0.15) is 0 Å². The molecule has 0 saturated heterocycles. The molecular formula is C73H52N2S3. The number of nitrogens with zero attached hydrogens (tertiary/aromatic N) is 2. The van der Waals surface area contributed by atoms with Gasteiger partial charge < -0.3 is 9.80 Å². The molecule has 372 valence electrons. The van der Waals surface area contributed by atoms with Gasteiger partial charge in [0.05, 0.1) is 16.6 Å². The third kappa shape index (κ3) is 5.73. The maximum absolute atomic E-state index is 2.86. The number of thiophene rings is 2. The van der Waals surface area contributed by atoms with Gasteiger partial charge in [0.1, 0.15) is 0 Å². The summed E-state index contributed by atoms with van der Waals surface area (Å²) in [5, 5.41) is 6.44. The van der Waals surface area contributed by atoms with Crippen molar-refractivity contribution in [2.45, 2.75) is 54.4 Å². The fourth-order valence-corrected chi connectivity index (χ4v) is 19.7. The lowest BCUT2D eigenvalue weighted by atomic mass is 9.55. The highest BCUT2D eigenvalue weighted by Gasteiger charge is 2.62. The summed E-state index contributed by atoms with van der Waals surface area (Å²) in [4.78, 5) is 9.50. The second kappa shape index (κ2) is 16.3. The number of benzene rings is 10. The van der Waals surface area contributed by atoms with Crippen molar-refractivity contribution in [2.75, 3.05) is 9.80 Å². The van der Waals surface area contributed by atoms with Gasteiger partial charge >= 0.3 is 0 Å². The average Bonchev–Trinajstić information content (AvgIpc) is 3.15. The van der Waals surface area contributed by atoms with Crippen LogP contribution < -0.4 is 9.80 Å². The lowest BCUT2D eigenvalue weighted by Crippen LogP contribution is -2.49. The molecule has 3 aliphatic carbocycles. The van der Waals surface area contributed by atoms with Crippen LogP contribution in [0, 0.1) is 11.8 Å². The number of anilines is 5. The van der Waals surface area contributed by atoms with Crippen LogP contribution in [0.4, 0.5) is 28.4 Å². The van der Waals surface area contributed by atoms with Gasteiger partial charge in [0.15, 0.2) is 0 Å². The van der Waals surface area contributed by atoms with Gasteiger partial charge in [0, 0.05) is 85.6 Å². The Hall–Kier alpha value is -7.93. The van der Waals surface area contributed by atoms with E-state index < -0.39 is 11.0 Å². The Labute approximate surface area is 467 Å². The van der Waals surface area contributed by atoms with Crippen LogP contribution in [0.25, 0.3) is 57.7 Å². The van der Waals surface area contributed by atoms with Crippen LogP contribution >= 0.6 is 34.4 Å². The maximum Gasteiger partial charge on any atom is 0.0912 e. The molecule has 5 aliphatic rings. The molecule has 0 fully saturated rings. The molecule has 2 aromatic heterocycles. The second-order valence-corrected chi connectivity index (χ2v) is 25.6. The molecule has 0 amide bonds. The molecule has 78 heavy (non-hydrogen) atoms. The van der Waals surface area contributed by atoms with E-state index in [9.17, 15) is 0 Å². The van der Waals surface area contributed by atoms with Crippen LogP contribution in [0.1, 0.15) is 66.3 Å². The van der Waals surface area contributed by atoms with Gasteiger partial charge in [-0.25, -0.2) is 0 Å². The van der Waals surface area contributed by atoms with E-state index in [4.69, 9.17) is 0 Å². The molecule has 5 heteroatoms. The zero-order valence-electron chi connectivity index (χ0n) is 43.7. The number of rotatable bonds is 5. The van der Waals surface area contributed by atoms with Crippen molar-refractivity contribution in [3.8, 4) is 11.1 Å². The van der Waals surface area contributed by atoms with Gasteiger partial charge in [-0.3, -0.25) is 0 Å². The quantitative estimate of drug-likeness (QED) is 0.159. The maximum atomic E-state index is 2.86. The minimum absolute atomic E-state index is 0.0854. The third-order valence-corrected chi connectivity index (χ3v) is 22.3. The highest BCUT2D eigenvalue weighted by Crippen LogP contribution is 2.73. The SMILES string of the molecule is CC1C2=C3C(C)C4=C1C(C)c1sc5ccccc5c1C4(C)N(c1ccc4sc5cccc(N(c6ccccc6)c6ccccc6)c5c4c1)c1cc(-c4cccc5ccccc45)c4c(c1)C3(c1ccccc1S4)c1ccccc12. The van der Waals surface area contributed by atoms with Gasteiger partial charge in [-0.05, 0) is 152 Å². The van der Waals surface area contributed by atoms with Crippen molar-refractivity contribution in [2.24, 2.45) is 11.8 Å². The summed E-state index contributed by atoms with van der Waals surface area (Å²) in [5.41, 5.74) is 20.6. The molecule has 4 bridgehead atoms. The van der Waals surface area contributed by atoms with Crippen LogP contribution in [0.2, 0.25) is 0 Å². The lowest BCUT2D eigenvalue weighted by molar-refractivity contribution is 0.450. The summed E-state index contributed by atoms with van der Waals surface area (Å²) in [6, 6.07) is 85.8. The Bertz CT molecular complexity index is 4590. The number of hydrogen-bond donors (Lipinski definition) is 0. The highest BCUT2D eigenvalue weighted by molar-refractivity contribution is 7.99. The molecule has 0 saturated carbocycles. The van der Waals surface area contributed by atoms with Crippen LogP contribution in [0.15, 0.2) is 251 Å². The molecule has 12 aromatic rings. The highest BCUT2D eigenvalue weighted by atomic mass is 32.2. The summed E-state index contributed by atoms with van der Waals surface area (Å²) in [5.74, 6) is 0.487. The molecule has 10 aromatic carbocycles. The number of para-hydroxylation sites is 2. The first-order valence-corrected chi connectivity index (χ1v) is 30.0. The Morgan fingerprint density at radius 2 is 1.12 bits per heavy atom. The predicted octanol–water partition coefficient (Wildman–Crippen LogP) is 20.9. The van der Waals surface area contributed by atoms with Crippen molar-refractivity contribution in [1.82, 2.24) is 0 Å². The van der Waals surface area contributed by atoms with Gasteiger partial charge in [-0.15, -0.1) is 22.7 Å². The summed E-state index contributed by atoms with van der Waals surface area (Å²) in [6.07, 6.45) is 0. The Balaban J connectivity index is 1.05. The first-order valence-electron chi connectivity index (χ1n) is 27.5. The smallest absolute Gasteiger partial charge is 0.0912 e. The fraction of sp³-hybridized carbons (Fsp3) is 0.123. The summed E-state index contributed by atoms with van der Waals surface area (Å²) in [7, 11) is 0. The predicted molar refractivity (Wildman–Crippen MR) is 332 cm³/mol. The molecular weight excluding hydrogens is 1000 g/mol. The summed E-state index contributed by atoms with van der Waals surface area (Å²) >= 11 is 5.91. The van der Waals surface area contributed by atoms with E-state index in [1.165, 1.54) is 117 Å². The van der Waals surface area contributed by atoms with Crippen LogP contribution in [0.3, 0.4) is 0 Å². The van der Waals surface area contributed by atoms with E-state index in [1.807, 2.05) is 34.4 Å². The number of hydrogen-bond acceptors (Lipinski definition) is 5.